The summed E-state index contributed by atoms with van der Waals surface area (Å²) >= 11 is 0. The van der Waals surface area contributed by atoms with Gasteiger partial charge in [-0.25, -0.2) is 0 Å². The molecule has 0 unspecified atom stereocenters. The highest BCUT2D eigenvalue weighted by atomic mass is 16.5. The van der Waals surface area contributed by atoms with Crippen molar-refractivity contribution >= 4 is 17.3 Å². The van der Waals surface area contributed by atoms with Crippen LogP contribution in [0.5, 0.6) is 5.75 Å². The molecule has 1 aromatic carbocycles. The van der Waals surface area contributed by atoms with E-state index >= 15 is 0 Å². The van der Waals surface area contributed by atoms with E-state index in [0.717, 1.165) is 24.1 Å². The second-order valence-electron chi connectivity index (χ2n) is 4.90. The molecule has 1 aliphatic rings. The Bertz CT molecular complexity index is 491. The zero-order valence-corrected chi connectivity index (χ0v) is 12.3. The first-order valence-corrected chi connectivity index (χ1v) is 7.12. The van der Waals surface area contributed by atoms with Crippen LogP contribution in [0.25, 0.3) is 0 Å². The van der Waals surface area contributed by atoms with Crippen LogP contribution in [-0.4, -0.2) is 39.4 Å². The van der Waals surface area contributed by atoms with Crippen molar-refractivity contribution in [1.82, 2.24) is 0 Å². The largest absolute Gasteiger partial charge is 0.491 e. The number of rotatable bonds is 8. The van der Waals surface area contributed by atoms with E-state index in [1.165, 1.54) is 0 Å². The summed E-state index contributed by atoms with van der Waals surface area (Å²) in [6.07, 6.45) is 2.01. The van der Waals surface area contributed by atoms with Crippen LogP contribution < -0.4 is 15.8 Å². The number of amides is 1. The summed E-state index contributed by atoms with van der Waals surface area (Å²) in [7, 11) is 1.65. The molecule has 0 aliphatic carbocycles. The molecule has 2 rings (SSSR count). The molecule has 0 fully saturated rings. The van der Waals surface area contributed by atoms with Gasteiger partial charge in [0.2, 0.25) is 5.91 Å². The van der Waals surface area contributed by atoms with E-state index < -0.39 is 0 Å². The molecular formula is C15H22N2O4. The lowest BCUT2D eigenvalue weighted by Crippen LogP contribution is -2.19. The molecule has 1 aromatic rings. The molecule has 116 valence electrons. The summed E-state index contributed by atoms with van der Waals surface area (Å²) in [5, 5.41) is 2.82. The number of benzene rings is 1. The first kappa shape index (κ1) is 15.6. The fourth-order valence-corrected chi connectivity index (χ4v) is 2.14. The van der Waals surface area contributed by atoms with Crippen LogP contribution in [0.1, 0.15) is 18.4 Å². The lowest BCUT2D eigenvalue weighted by atomic mass is 10.0. The standard InChI is InChI=1S/C15H22N2O4/c1-19-7-8-20-5-2-6-21-14-9-11-3-4-15(18)17-13(11)10-12(14)16/h9-10H,2-8,16H2,1H3,(H,17,18). The smallest absolute Gasteiger partial charge is 0.224 e. The molecule has 3 N–H and O–H groups in total. The van der Waals surface area contributed by atoms with Gasteiger partial charge in [-0.3, -0.25) is 4.79 Å². The zero-order chi connectivity index (χ0) is 15.1. The van der Waals surface area contributed by atoms with E-state index in [2.05, 4.69) is 5.32 Å². The summed E-state index contributed by atoms with van der Waals surface area (Å²) in [6, 6.07) is 3.67. The second kappa shape index (κ2) is 7.85. The fourth-order valence-electron chi connectivity index (χ4n) is 2.14. The molecule has 0 radical (unpaired) electrons. The van der Waals surface area contributed by atoms with Crippen molar-refractivity contribution in [1.29, 1.82) is 0 Å². The first-order chi connectivity index (χ1) is 10.2. The molecule has 21 heavy (non-hydrogen) atoms. The molecule has 0 saturated heterocycles. The van der Waals surface area contributed by atoms with Crippen LogP contribution in [0, 0.1) is 0 Å². The van der Waals surface area contributed by atoms with Gasteiger partial charge in [0.05, 0.1) is 25.5 Å². The van der Waals surface area contributed by atoms with Gasteiger partial charge in [-0.1, -0.05) is 0 Å². The number of nitrogens with one attached hydrogen (secondary N) is 1. The topological polar surface area (TPSA) is 82.8 Å². The van der Waals surface area contributed by atoms with Crippen LogP contribution in [0.15, 0.2) is 12.1 Å². The highest BCUT2D eigenvalue weighted by Gasteiger charge is 2.17. The normalized spacial score (nSPS) is 13.7. The van der Waals surface area contributed by atoms with E-state index in [0.29, 0.717) is 44.3 Å². The first-order valence-electron chi connectivity index (χ1n) is 7.12. The Hall–Kier alpha value is -1.79. The Labute approximate surface area is 124 Å². The van der Waals surface area contributed by atoms with Gasteiger partial charge in [0.15, 0.2) is 0 Å². The SMILES string of the molecule is COCCOCCCOc1cc2c(cc1N)NC(=O)CC2. The van der Waals surface area contributed by atoms with Gasteiger partial charge in [-0.2, -0.15) is 0 Å². The highest BCUT2D eigenvalue weighted by Crippen LogP contribution is 2.32. The number of hydrogen-bond donors (Lipinski definition) is 2. The van der Waals surface area contributed by atoms with Crippen molar-refractivity contribution in [3.63, 3.8) is 0 Å². The molecular weight excluding hydrogens is 272 g/mol. The van der Waals surface area contributed by atoms with E-state index in [-0.39, 0.29) is 5.91 Å². The maximum atomic E-state index is 11.3. The predicted molar refractivity (Wildman–Crippen MR) is 80.6 cm³/mol. The van der Waals surface area contributed by atoms with Gasteiger partial charge in [0.1, 0.15) is 5.75 Å². The van der Waals surface area contributed by atoms with Crippen LogP contribution in [0.3, 0.4) is 0 Å². The number of fused-ring (bicyclic) bond motifs is 1. The van der Waals surface area contributed by atoms with E-state index in [1.54, 1.807) is 13.2 Å². The number of carbonyl (C=O) groups excluding carboxylic acids is 1. The molecule has 1 amide bonds. The Morgan fingerprint density at radius 1 is 1.19 bits per heavy atom. The summed E-state index contributed by atoms with van der Waals surface area (Å²) in [6.45, 7) is 2.37. The number of carbonyl (C=O) groups is 1. The van der Waals surface area contributed by atoms with Gasteiger partial charge in [0.25, 0.3) is 0 Å². The van der Waals surface area contributed by atoms with Crippen LogP contribution in [0.2, 0.25) is 0 Å². The summed E-state index contributed by atoms with van der Waals surface area (Å²) in [4.78, 5) is 11.3. The maximum absolute atomic E-state index is 11.3. The molecule has 0 aromatic heterocycles. The molecule has 6 nitrogen and oxygen atoms in total. The maximum Gasteiger partial charge on any atom is 0.224 e. The third-order valence-corrected chi connectivity index (χ3v) is 3.25. The number of nitrogen functional groups attached to an aromatic ring is 1. The summed E-state index contributed by atoms with van der Waals surface area (Å²) in [5.74, 6) is 0.700. The van der Waals surface area contributed by atoms with Gasteiger partial charge in [0, 0.05) is 32.2 Å². The van der Waals surface area contributed by atoms with E-state index in [4.69, 9.17) is 19.9 Å². The molecule has 1 heterocycles. The number of anilines is 2. The van der Waals surface area contributed by atoms with Gasteiger partial charge in [-0.15, -0.1) is 0 Å². The Kier molecular flexibility index (Phi) is 5.83. The van der Waals surface area contributed by atoms with Crippen molar-refractivity contribution < 1.29 is 19.0 Å². The molecule has 0 atom stereocenters. The molecule has 0 bridgehead atoms. The summed E-state index contributed by atoms with van der Waals surface area (Å²) in [5.41, 5.74) is 8.34. The monoisotopic (exact) mass is 294 g/mol. The van der Waals surface area contributed by atoms with Gasteiger partial charge in [-0.05, 0) is 24.1 Å². The second-order valence-corrected chi connectivity index (χ2v) is 4.90. The van der Waals surface area contributed by atoms with Crippen molar-refractivity contribution in [2.45, 2.75) is 19.3 Å². The van der Waals surface area contributed by atoms with Crippen molar-refractivity contribution in [3.05, 3.63) is 17.7 Å². The minimum Gasteiger partial charge on any atom is -0.491 e. The number of ether oxygens (including phenoxy) is 3. The minimum absolute atomic E-state index is 0.0313. The zero-order valence-electron chi connectivity index (χ0n) is 12.3. The number of hydrogen-bond acceptors (Lipinski definition) is 5. The van der Waals surface area contributed by atoms with Crippen LogP contribution in [-0.2, 0) is 20.7 Å². The Balaban J connectivity index is 1.80. The van der Waals surface area contributed by atoms with Crippen LogP contribution >= 0.6 is 0 Å². The van der Waals surface area contributed by atoms with Crippen molar-refractivity contribution in [3.8, 4) is 5.75 Å². The van der Waals surface area contributed by atoms with Crippen molar-refractivity contribution in [2.24, 2.45) is 0 Å². The Morgan fingerprint density at radius 3 is 2.86 bits per heavy atom. The van der Waals surface area contributed by atoms with Gasteiger partial charge >= 0.3 is 0 Å². The average Bonchev–Trinajstić information content (AvgIpc) is 2.47. The van der Waals surface area contributed by atoms with Crippen molar-refractivity contribution in [2.75, 3.05) is 44.6 Å². The number of aryl methyl sites for hydroxylation is 1. The highest BCUT2D eigenvalue weighted by molar-refractivity contribution is 5.94. The van der Waals surface area contributed by atoms with Gasteiger partial charge < -0.3 is 25.3 Å². The number of methoxy groups -OCH3 is 1. The number of nitrogens with two attached hydrogens (primary N) is 1. The average molecular weight is 294 g/mol. The predicted octanol–water partition coefficient (Wildman–Crippen LogP) is 1.59. The quantitative estimate of drug-likeness (QED) is 0.562. The molecule has 6 heteroatoms. The molecule has 0 spiro atoms. The third kappa shape index (κ3) is 4.61. The lowest BCUT2D eigenvalue weighted by molar-refractivity contribution is -0.116. The van der Waals surface area contributed by atoms with E-state index in [1.807, 2.05) is 6.07 Å². The minimum atomic E-state index is 0.0313. The molecule has 1 aliphatic heterocycles. The third-order valence-electron chi connectivity index (χ3n) is 3.25. The molecule has 0 saturated carbocycles. The lowest BCUT2D eigenvalue weighted by Gasteiger charge is -2.19. The fraction of sp³-hybridized carbons (Fsp3) is 0.533. The van der Waals surface area contributed by atoms with Crippen LogP contribution in [0.4, 0.5) is 11.4 Å². The summed E-state index contributed by atoms with van der Waals surface area (Å²) < 4.78 is 15.9. The Morgan fingerprint density at radius 2 is 2.05 bits per heavy atom. The van der Waals surface area contributed by atoms with E-state index in [9.17, 15) is 4.79 Å².